The molecule has 8 nitrogen and oxygen atoms in total. The van der Waals surface area contributed by atoms with Crippen molar-refractivity contribution in [1.29, 1.82) is 0 Å². The Kier molecular flexibility index (Phi) is 6.22. The highest BCUT2D eigenvalue weighted by Crippen LogP contribution is 2.47. The highest BCUT2D eigenvalue weighted by Gasteiger charge is 2.46. The number of carbonyl (C=O) groups excluding carboxylic acids is 1. The smallest absolute Gasteiger partial charge is 0.229 e. The molecule has 3 aliphatic rings. The molecule has 1 aromatic rings. The molecular weight excluding hydrogens is 408 g/mol. The monoisotopic (exact) mass is 438 g/mol. The second-order valence-corrected chi connectivity index (χ2v) is 10.4. The van der Waals surface area contributed by atoms with Crippen molar-refractivity contribution in [3.63, 3.8) is 0 Å². The Morgan fingerprint density at radius 3 is 2.70 bits per heavy atom. The van der Waals surface area contributed by atoms with E-state index in [4.69, 9.17) is 9.47 Å². The van der Waals surface area contributed by atoms with E-state index in [-0.39, 0.29) is 43.1 Å². The summed E-state index contributed by atoms with van der Waals surface area (Å²) >= 11 is 0. The van der Waals surface area contributed by atoms with E-state index in [1.54, 1.807) is 18.2 Å². The van der Waals surface area contributed by atoms with Crippen molar-refractivity contribution in [3.05, 3.63) is 23.8 Å². The zero-order chi connectivity index (χ0) is 21.3. The molecule has 1 saturated heterocycles. The molecule has 1 amide bonds. The van der Waals surface area contributed by atoms with E-state index in [0.717, 1.165) is 37.5 Å². The predicted octanol–water partition coefficient (Wildman–Crippen LogP) is 1.89. The number of rotatable bonds is 6. The van der Waals surface area contributed by atoms with Crippen LogP contribution in [0.25, 0.3) is 0 Å². The van der Waals surface area contributed by atoms with Crippen LogP contribution in [0.15, 0.2) is 18.2 Å². The zero-order valence-electron chi connectivity index (χ0n) is 17.2. The molecule has 4 atom stereocenters. The van der Waals surface area contributed by atoms with Crippen LogP contribution in [-0.4, -0.2) is 56.6 Å². The van der Waals surface area contributed by atoms with Crippen molar-refractivity contribution in [3.8, 4) is 5.75 Å². The van der Waals surface area contributed by atoms with E-state index in [1.165, 1.54) is 6.42 Å². The fourth-order valence-electron chi connectivity index (χ4n) is 4.91. The average molecular weight is 439 g/mol. The van der Waals surface area contributed by atoms with Gasteiger partial charge in [-0.05, 0) is 37.5 Å². The minimum Gasteiger partial charge on any atom is -0.487 e. The van der Waals surface area contributed by atoms with Gasteiger partial charge < -0.3 is 19.9 Å². The Morgan fingerprint density at radius 1 is 1.23 bits per heavy atom. The molecule has 1 aromatic carbocycles. The number of amides is 1. The van der Waals surface area contributed by atoms with Crippen molar-refractivity contribution in [2.45, 2.75) is 75.2 Å². The van der Waals surface area contributed by atoms with Gasteiger partial charge in [-0.3, -0.25) is 9.52 Å². The highest BCUT2D eigenvalue weighted by atomic mass is 32.2. The number of benzene rings is 1. The first-order valence-electron chi connectivity index (χ1n) is 10.7. The lowest BCUT2D eigenvalue weighted by atomic mass is 9.84. The third kappa shape index (κ3) is 4.90. The summed E-state index contributed by atoms with van der Waals surface area (Å²) in [5, 5.41) is 13.0. The van der Waals surface area contributed by atoms with Gasteiger partial charge in [0.05, 0.1) is 25.4 Å². The van der Waals surface area contributed by atoms with E-state index in [1.807, 2.05) is 0 Å². The van der Waals surface area contributed by atoms with Crippen LogP contribution in [0, 0.1) is 0 Å². The number of nitrogens with one attached hydrogen (secondary N) is 2. The average Bonchev–Trinajstić information content (AvgIpc) is 3.05. The van der Waals surface area contributed by atoms with Crippen molar-refractivity contribution in [1.82, 2.24) is 5.32 Å². The van der Waals surface area contributed by atoms with Gasteiger partial charge in [0, 0.05) is 23.2 Å². The molecule has 0 bridgehead atoms. The molecule has 30 heavy (non-hydrogen) atoms. The summed E-state index contributed by atoms with van der Waals surface area (Å²) in [6, 6.07) is 5.41. The second kappa shape index (κ2) is 8.72. The number of aliphatic hydroxyl groups excluding tert-OH is 1. The second-order valence-electron chi connectivity index (χ2n) is 8.64. The molecule has 0 unspecified atom stereocenters. The van der Waals surface area contributed by atoms with Crippen molar-refractivity contribution >= 4 is 21.6 Å². The number of fused-ring (bicyclic) bond motifs is 3. The van der Waals surface area contributed by atoms with Crippen molar-refractivity contribution in [2.24, 2.45) is 0 Å². The predicted molar refractivity (Wildman–Crippen MR) is 112 cm³/mol. The Balaban J connectivity index is 1.46. The fraction of sp³-hybridized carbons (Fsp3) is 0.667. The lowest BCUT2D eigenvalue weighted by molar-refractivity contribution is -0.142. The lowest BCUT2D eigenvalue weighted by Gasteiger charge is -2.37. The highest BCUT2D eigenvalue weighted by molar-refractivity contribution is 7.92. The standard InChI is InChI=1S/C21H30N2O6S/c1-30(26,27)23-14-7-8-18-16(9-14)17-10-15(28-19(12-24)21(17)29-18)11-20(25)22-13-5-3-2-4-6-13/h7-9,13,15,17,19,21,23-24H,2-6,10-12H2,1H3,(H,22,25)/t15-,17-,19+,21+/m1/s1. The quantitative estimate of drug-likeness (QED) is 0.625. The molecule has 0 spiro atoms. The van der Waals surface area contributed by atoms with Crippen LogP contribution in [0.5, 0.6) is 5.75 Å². The summed E-state index contributed by atoms with van der Waals surface area (Å²) in [6.07, 6.45) is 6.31. The normalized spacial score (nSPS) is 28.9. The molecule has 9 heteroatoms. The maximum absolute atomic E-state index is 12.6. The maximum Gasteiger partial charge on any atom is 0.229 e. The third-order valence-electron chi connectivity index (χ3n) is 6.19. The van der Waals surface area contributed by atoms with Gasteiger partial charge in [0.25, 0.3) is 0 Å². The summed E-state index contributed by atoms with van der Waals surface area (Å²) in [6.45, 7) is -0.204. The van der Waals surface area contributed by atoms with E-state index < -0.39 is 16.1 Å². The van der Waals surface area contributed by atoms with Gasteiger partial charge >= 0.3 is 0 Å². The van der Waals surface area contributed by atoms with Crippen molar-refractivity contribution < 1.29 is 27.8 Å². The molecule has 2 heterocycles. The number of aliphatic hydroxyl groups is 1. The number of carbonyl (C=O) groups is 1. The zero-order valence-corrected chi connectivity index (χ0v) is 18.0. The summed E-state index contributed by atoms with van der Waals surface area (Å²) in [5.74, 6) is 0.576. The fourth-order valence-corrected chi connectivity index (χ4v) is 5.46. The summed E-state index contributed by atoms with van der Waals surface area (Å²) in [4.78, 5) is 12.6. The van der Waals surface area contributed by atoms with Gasteiger partial charge in [0.2, 0.25) is 15.9 Å². The molecule has 0 radical (unpaired) electrons. The van der Waals surface area contributed by atoms with Crippen LogP contribution in [0.3, 0.4) is 0 Å². The van der Waals surface area contributed by atoms with Crippen molar-refractivity contribution in [2.75, 3.05) is 17.6 Å². The number of hydrogen-bond acceptors (Lipinski definition) is 6. The molecule has 1 saturated carbocycles. The summed E-state index contributed by atoms with van der Waals surface area (Å²) in [7, 11) is -3.39. The molecular formula is C21H30N2O6S. The molecule has 4 rings (SSSR count). The topological polar surface area (TPSA) is 114 Å². The van der Waals surface area contributed by atoms with E-state index in [2.05, 4.69) is 10.0 Å². The van der Waals surface area contributed by atoms with Gasteiger partial charge in [-0.25, -0.2) is 8.42 Å². The first kappa shape index (κ1) is 21.4. The van der Waals surface area contributed by atoms with Crippen LogP contribution in [0.4, 0.5) is 5.69 Å². The molecule has 2 fully saturated rings. The van der Waals surface area contributed by atoms with Gasteiger partial charge in [0.15, 0.2) is 0 Å². The summed E-state index contributed by atoms with van der Waals surface area (Å²) < 4.78 is 37.7. The van der Waals surface area contributed by atoms with Gasteiger partial charge in [0.1, 0.15) is 18.0 Å². The van der Waals surface area contributed by atoms with E-state index in [0.29, 0.717) is 17.9 Å². The Hall–Kier alpha value is -1.84. The molecule has 1 aliphatic carbocycles. The first-order valence-corrected chi connectivity index (χ1v) is 12.6. The Morgan fingerprint density at radius 2 is 2.00 bits per heavy atom. The van der Waals surface area contributed by atoms with Gasteiger partial charge in [-0.1, -0.05) is 19.3 Å². The third-order valence-corrected chi connectivity index (χ3v) is 6.79. The Bertz CT molecular complexity index is 883. The minimum atomic E-state index is -3.39. The van der Waals surface area contributed by atoms with E-state index in [9.17, 15) is 18.3 Å². The molecule has 166 valence electrons. The van der Waals surface area contributed by atoms with Gasteiger partial charge in [-0.2, -0.15) is 0 Å². The maximum atomic E-state index is 12.6. The largest absolute Gasteiger partial charge is 0.487 e. The summed E-state index contributed by atoms with van der Waals surface area (Å²) in [5.41, 5.74) is 1.35. The number of sulfonamides is 1. The number of hydrogen-bond donors (Lipinski definition) is 3. The van der Waals surface area contributed by atoms with Crippen LogP contribution >= 0.6 is 0 Å². The molecule has 2 aliphatic heterocycles. The Labute approximate surface area is 177 Å². The molecule has 0 aromatic heterocycles. The van der Waals surface area contributed by atoms with E-state index >= 15 is 0 Å². The van der Waals surface area contributed by atoms with Gasteiger partial charge in [-0.15, -0.1) is 0 Å². The molecule has 3 N–H and O–H groups in total. The van der Waals surface area contributed by atoms with Crippen LogP contribution < -0.4 is 14.8 Å². The van der Waals surface area contributed by atoms with Crippen LogP contribution in [0.1, 0.15) is 56.4 Å². The number of ether oxygens (including phenoxy) is 2. The first-order chi connectivity index (χ1) is 14.3. The minimum absolute atomic E-state index is 0.0197. The number of anilines is 1. The van der Waals surface area contributed by atoms with Crippen LogP contribution in [0.2, 0.25) is 0 Å². The van der Waals surface area contributed by atoms with Crippen LogP contribution in [-0.2, 0) is 19.6 Å². The lowest BCUT2D eigenvalue weighted by Crippen LogP contribution is -2.48. The SMILES string of the molecule is CS(=O)(=O)Nc1ccc2c(c1)[C@H]1C[C@H](CC(=O)NC3CCCCC3)O[C@@H](CO)[C@H]1O2.